The van der Waals surface area contributed by atoms with E-state index < -0.39 is 0 Å². The van der Waals surface area contributed by atoms with Crippen molar-refractivity contribution in [3.05, 3.63) is 60.1 Å². The van der Waals surface area contributed by atoms with Gasteiger partial charge in [0.2, 0.25) is 0 Å². The van der Waals surface area contributed by atoms with Crippen LogP contribution < -0.4 is 5.32 Å². The highest BCUT2D eigenvalue weighted by molar-refractivity contribution is 5.69. The maximum atomic E-state index is 11.1. The summed E-state index contributed by atoms with van der Waals surface area (Å²) in [6.07, 6.45) is 2.82. The molecule has 0 fully saturated rings. The number of hydrogen-bond acceptors (Lipinski definition) is 4. The number of ether oxygens (including phenoxy) is 1. The molecule has 0 aliphatic rings. The average molecular weight is 273 g/mol. The Balaban J connectivity index is 1.96. The lowest BCUT2D eigenvalue weighted by Crippen LogP contribution is -2.23. The number of rotatable bonds is 7. The van der Waals surface area contributed by atoms with E-state index in [9.17, 15) is 4.79 Å². The highest BCUT2D eigenvalue weighted by Crippen LogP contribution is 2.22. The molecule has 4 heteroatoms. The van der Waals surface area contributed by atoms with Crippen LogP contribution in [0, 0.1) is 0 Å². The molecule has 0 radical (unpaired) electrons. The van der Waals surface area contributed by atoms with Crippen molar-refractivity contribution in [1.29, 1.82) is 0 Å². The highest BCUT2D eigenvalue weighted by Gasteiger charge is 2.15. The van der Waals surface area contributed by atoms with Gasteiger partial charge in [0.25, 0.3) is 0 Å². The minimum Gasteiger partial charge on any atom is -0.469 e. The summed E-state index contributed by atoms with van der Waals surface area (Å²) in [6.45, 7) is 0.718. The van der Waals surface area contributed by atoms with E-state index in [-0.39, 0.29) is 12.0 Å². The first-order valence-electron chi connectivity index (χ1n) is 6.70. The molecule has 1 unspecified atom stereocenters. The van der Waals surface area contributed by atoms with Gasteiger partial charge in [-0.3, -0.25) is 4.79 Å². The second-order valence-corrected chi connectivity index (χ2v) is 4.49. The Morgan fingerprint density at radius 3 is 2.70 bits per heavy atom. The molecule has 4 nitrogen and oxygen atoms in total. The molecule has 2 rings (SSSR count). The average Bonchev–Trinajstić information content (AvgIpc) is 3.02. The van der Waals surface area contributed by atoms with Crippen LogP contribution in [-0.2, 0) is 9.53 Å². The molecule has 1 N–H and O–H groups in total. The number of carbonyl (C=O) groups is 1. The minimum atomic E-state index is -0.180. The lowest BCUT2D eigenvalue weighted by Gasteiger charge is -2.17. The molecular weight excluding hydrogens is 254 g/mol. The van der Waals surface area contributed by atoms with E-state index in [1.165, 1.54) is 7.11 Å². The maximum absolute atomic E-state index is 11.1. The molecule has 2 aromatic rings. The van der Waals surface area contributed by atoms with Crippen molar-refractivity contribution in [2.45, 2.75) is 18.9 Å². The summed E-state index contributed by atoms with van der Waals surface area (Å²) in [6, 6.07) is 13.9. The van der Waals surface area contributed by atoms with Crippen LogP contribution in [0.2, 0.25) is 0 Å². The van der Waals surface area contributed by atoms with Crippen LogP contribution in [0.1, 0.15) is 30.2 Å². The van der Waals surface area contributed by atoms with Crippen LogP contribution in [-0.4, -0.2) is 19.6 Å². The second-order valence-electron chi connectivity index (χ2n) is 4.49. The van der Waals surface area contributed by atoms with Crippen molar-refractivity contribution in [2.75, 3.05) is 13.7 Å². The van der Waals surface area contributed by atoms with Crippen LogP contribution in [0.15, 0.2) is 53.1 Å². The highest BCUT2D eigenvalue weighted by atomic mass is 16.5. The first-order valence-corrected chi connectivity index (χ1v) is 6.70. The Labute approximate surface area is 118 Å². The van der Waals surface area contributed by atoms with Gasteiger partial charge in [-0.05, 0) is 30.7 Å². The van der Waals surface area contributed by atoms with Crippen molar-refractivity contribution in [1.82, 2.24) is 5.32 Å². The molecule has 0 aliphatic heterocycles. The molecule has 0 bridgehead atoms. The molecule has 0 saturated heterocycles. The number of methoxy groups -OCH3 is 1. The summed E-state index contributed by atoms with van der Waals surface area (Å²) >= 11 is 0. The van der Waals surface area contributed by atoms with Gasteiger partial charge in [0.1, 0.15) is 5.76 Å². The fourth-order valence-electron chi connectivity index (χ4n) is 2.06. The second kappa shape index (κ2) is 7.50. The van der Waals surface area contributed by atoms with E-state index in [0.29, 0.717) is 6.42 Å². The van der Waals surface area contributed by atoms with E-state index >= 15 is 0 Å². The van der Waals surface area contributed by atoms with Gasteiger partial charge >= 0.3 is 5.97 Å². The quantitative estimate of drug-likeness (QED) is 0.622. The monoisotopic (exact) mass is 273 g/mol. The van der Waals surface area contributed by atoms with E-state index in [1.54, 1.807) is 6.26 Å². The van der Waals surface area contributed by atoms with Gasteiger partial charge in [-0.1, -0.05) is 30.3 Å². The summed E-state index contributed by atoms with van der Waals surface area (Å²) in [4.78, 5) is 11.1. The van der Waals surface area contributed by atoms with Crippen LogP contribution in [0.4, 0.5) is 0 Å². The molecule has 106 valence electrons. The largest absolute Gasteiger partial charge is 0.469 e. The zero-order chi connectivity index (χ0) is 14.2. The van der Waals surface area contributed by atoms with Crippen molar-refractivity contribution < 1.29 is 13.9 Å². The normalized spacial score (nSPS) is 12.1. The fourth-order valence-corrected chi connectivity index (χ4v) is 2.06. The Bertz CT molecular complexity index is 508. The van der Waals surface area contributed by atoms with Gasteiger partial charge in [-0.2, -0.15) is 0 Å². The minimum absolute atomic E-state index is 0.00356. The van der Waals surface area contributed by atoms with Crippen molar-refractivity contribution in [2.24, 2.45) is 0 Å². The summed E-state index contributed by atoms with van der Waals surface area (Å²) in [7, 11) is 1.41. The van der Waals surface area contributed by atoms with Gasteiger partial charge in [-0.25, -0.2) is 0 Å². The number of furan rings is 1. The van der Waals surface area contributed by atoms with Gasteiger partial charge in [0.15, 0.2) is 0 Å². The van der Waals surface area contributed by atoms with E-state index in [1.807, 2.05) is 30.3 Å². The molecule has 1 aromatic carbocycles. The molecule has 1 aromatic heterocycles. The van der Waals surface area contributed by atoms with Crippen LogP contribution in [0.25, 0.3) is 0 Å². The summed E-state index contributed by atoms with van der Waals surface area (Å²) in [5.41, 5.74) is 1.14. The molecular formula is C16H19NO3. The summed E-state index contributed by atoms with van der Waals surface area (Å²) in [5.74, 6) is 0.690. The molecule has 1 atom stereocenters. The number of carbonyl (C=O) groups excluding carboxylic acids is 1. The van der Waals surface area contributed by atoms with Crippen molar-refractivity contribution >= 4 is 5.97 Å². The van der Waals surface area contributed by atoms with Gasteiger partial charge < -0.3 is 14.5 Å². The predicted molar refractivity (Wildman–Crippen MR) is 76.2 cm³/mol. The van der Waals surface area contributed by atoms with Crippen molar-refractivity contribution in [3.63, 3.8) is 0 Å². The Kier molecular flexibility index (Phi) is 5.38. The Morgan fingerprint density at radius 1 is 1.25 bits per heavy atom. The Morgan fingerprint density at radius 2 is 2.05 bits per heavy atom. The number of esters is 1. The summed E-state index contributed by atoms with van der Waals surface area (Å²) in [5, 5.41) is 3.42. The van der Waals surface area contributed by atoms with Crippen LogP contribution in [0.3, 0.4) is 0 Å². The molecule has 20 heavy (non-hydrogen) atoms. The van der Waals surface area contributed by atoms with Gasteiger partial charge in [0.05, 0.1) is 19.4 Å². The smallest absolute Gasteiger partial charge is 0.305 e. The van der Waals surface area contributed by atoms with Gasteiger partial charge in [0, 0.05) is 6.42 Å². The molecule has 0 amide bonds. The van der Waals surface area contributed by atoms with Crippen LogP contribution >= 0.6 is 0 Å². The van der Waals surface area contributed by atoms with E-state index in [0.717, 1.165) is 24.3 Å². The lowest BCUT2D eigenvalue weighted by atomic mass is 10.0. The zero-order valence-corrected chi connectivity index (χ0v) is 11.5. The van der Waals surface area contributed by atoms with E-state index in [2.05, 4.69) is 22.2 Å². The number of benzene rings is 1. The van der Waals surface area contributed by atoms with Gasteiger partial charge in [-0.15, -0.1) is 0 Å². The van der Waals surface area contributed by atoms with Crippen molar-refractivity contribution in [3.8, 4) is 0 Å². The first-order chi connectivity index (χ1) is 9.81. The van der Waals surface area contributed by atoms with E-state index in [4.69, 9.17) is 4.42 Å². The zero-order valence-electron chi connectivity index (χ0n) is 11.5. The molecule has 0 spiro atoms. The third-order valence-electron chi connectivity index (χ3n) is 3.09. The third-order valence-corrected chi connectivity index (χ3v) is 3.09. The topological polar surface area (TPSA) is 51.5 Å². The third kappa shape index (κ3) is 3.96. The number of nitrogens with one attached hydrogen (secondary N) is 1. The Hall–Kier alpha value is -2.07. The lowest BCUT2D eigenvalue weighted by molar-refractivity contribution is -0.140. The fraction of sp³-hybridized carbons (Fsp3) is 0.312. The first kappa shape index (κ1) is 14.3. The molecule has 0 saturated carbocycles. The summed E-state index contributed by atoms with van der Waals surface area (Å²) < 4.78 is 10.1. The maximum Gasteiger partial charge on any atom is 0.305 e. The SMILES string of the molecule is COC(=O)CCCNC(c1ccccc1)c1ccco1. The number of hydrogen-bond donors (Lipinski definition) is 1. The molecule has 1 heterocycles. The predicted octanol–water partition coefficient (Wildman–Crippen LogP) is 2.91. The standard InChI is InChI=1S/C16H19NO3/c1-19-15(18)10-5-11-17-16(14-9-6-12-20-14)13-7-3-2-4-8-13/h2-4,6-9,12,16-17H,5,10-11H2,1H3. The molecule has 0 aliphatic carbocycles. The van der Waals surface area contributed by atoms with Crippen LogP contribution in [0.5, 0.6) is 0 Å².